The molecule has 0 N–H and O–H groups in total. The Kier molecular flexibility index (Phi) is 5.86. The minimum Gasteiger partial charge on any atom is -0.493 e. The van der Waals surface area contributed by atoms with Gasteiger partial charge >= 0.3 is 5.97 Å². The summed E-state index contributed by atoms with van der Waals surface area (Å²) in [6.07, 6.45) is 0. The van der Waals surface area contributed by atoms with Crippen LogP contribution in [0.5, 0.6) is 28.7 Å². The third-order valence-corrected chi connectivity index (χ3v) is 4.77. The number of methoxy groups -OCH3 is 4. The van der Waals surface area contributed by atoms with Crippen molar-refractivity contribution in [2.45, 2.75) is 13.0 Å². The summed E-state index contributed by atoms with van der Waals surface area (Å²) >= 11 is 0. The fourth-order valence-electron chi connectivity index (χ4n) is 3.40. The summed E-state index contributed by atoms with van der Waals surface area (Å²) < 4.78 is 26.6. The molecule has 0 unspecified atom stereocenters. The lowest BCUT2D eigenvalue weighted by molar-refractivity contribution is -0.132. The quantitative estimate of drug-likeness (QED) is 0.298. The Hall–Kier alpha value is -3.68. The van der Waals surface area contributed by atoms with Gasteiger partial charge < -0.3 is 23.7 Å². The third kappa shape index (κ3) is 3.52. The van der Waals surface area contributed by atoms with Crippen LogP contribution in [0.4, 0.5) is 5.69 Å². The Bertz CT molecular complexity index is 990. The molecule has 1 fully saturated rings. The van der Waals surface area contributed by atoms with Crippen LogP contribution >= 0.6 is 0 Å². The van der Waals surface area contributed by atoms with Gasteiger partial charge in [0.2, 0.25) is 5.75 Å². The highest BCUT2D eigenvalue weighted by molar-refractivity contribution is 6.15. The second kappa shape index (κ2) is 8.36. The predicted octanol–water partition coefficient (Wildman–Crippen LogP) is 3.29. The van der Waals surface area contributed by atoms with Crippen molar-refractivity contribution < 1.29 is 33.3 Å². The number of hydrogen-bond donors (Lipinski definition) is 0. The molecule has 0 aromatic heterocycles. The maximum Gasteiger partial charge on any atom is 0.308 e. The number of ether oxygens (including phenoxy) is 5. The molecular weight excluding hydrogens is 390 g/mol. The fraction of sp³-hybridized carbons (Fsp3) is 0.273. The summed E-state index contributed by atoms with van der Waals surface area (Å²) in [6, 6.07) is 8.05. The van der Waals surface area contributed by atoms with Gasteiger partial charge in [0.1, 0.15) is 0 Å². The van der Waals surface area contributed by atoms with Crippen molar-refractivity contribution in [2.24, 2.45) is 0 Å². The number of hydrogen-bond acceptors (Lipinski definition) is 7. The Morgan fingerprint density at radius 2 is 1.50 bits per heavy atom. The van der Waals surface area contributed by atoms with Crippen molar-refractivity contribution in [3.63, 3.8) is 0 Å². The maximum absolute atomic E-state index is 12.7. The molecule has 1 saturated heterocycles. The van der Waals surface area contributed by atoms with E-state index in [1.165, 1.54) is 35.4 Å². The van der Waals surface area contributed by atoms with Gasteiger partial charge in [0.05, 0.1) is 40.2 Å². The predicted molar refractivity (Wildman–Crippen MR) is 110 cm³/mol. The largest absolute Gasteiger partial charge is 0.493 e. The summed E-state index contributed by atoms with van der Waals surface area (Å²) in [5.41, 5.74) is 1.67. The maximum atomic E-state index is 12.7. The summed E-state index contributed by atoms with van der Waals surface area (Å²) in [4.78, 5) is 25.7. The molecular formula is C22H23NO7. The van der Waals surface area contributed by atoms with Crippen molar-refractivity contribution >= 4 is 17.6 Å². The lowest BCUT2D eigenvalue weighted by Crippen LogP contribution is -2.48. The number of anilines is 1. The molecule has 0 saturated carbocycles. The first-order chi connectivity index (χ1) is 14.4. The average molecular weight is 413 g/mol. The van der Waals surface area contributed by atoms with E-state index in [-0.39, 0.29) is 11.7 Å². The van der Waals surface area contributed by atoms with Gasteiger partial charge in [-0.15, -0.1) is 0 Å². The van der Waals surface area contributed by atoms with Gasteiger partial charge in [-0.1, -0.05) is 12.6 Å². The average Bonchev–Trinajstić information content (AvgIpc) is 2.75. The third-order valence-electron chi connectivity index (χ3n) is 4.77. The molecule has 30 heavy (non-hydrogen) atoms. The summed E-state index contributed by atoms with van der Waals surface area (Å²) in [5.74, 6) is 1.23. The molecule has 0 bridgehead atoms. The topological polar surface area (TPSA) is 83.5 Å². The van der Waals surface area contributed by atoms with Crippen LogP contribution in [0.2, 0.25) is 0 Å². The van der Waals surface area contributed by atoms with Crippen molar-refractivity contribution in [1.29, 1.82) is 0 Å². The summed E-state index contributed by atoms with van der Waals surface area (Å²) in [7, 11) is 6.00. The van der Waals surface area contributed by atoms with Crippen LogP contribution in [0.3, 0.4) is 0 Å². The first kappa shape index (κ1) is 21.0. The van der Waals surface area contributed by atoms with Crippen molar-refractivity contribution in [2.75, 3.05) is 33.3 Å². The zero-order valence-electron chi connectivity index (χ0n) is 17.5. The van der Waals surface area contributed by atoms with Crippen molar-refractivity contribution in [1.82, 2.24) is 0 Å². The van der Waals surface area contributed by atoms with Gasteiger partial charge in [-0.2, -0.15) is 0 Å². The zero-order chi connectivity index (χ0) is 22.0. The second-order valence-electron chi connectivity index (χ2n) is 6.49. The van der Waals surface area contributed by atoms with Gasteiger partial charge in [-0.05, 0) is 17.7 Å². The number of nitrogens with zero attached hydrogens (tertiary/aromatic N) is 1. The molecule has 0 spiro atoms. The number of carbonyl (C=O) groups is 2. The lowest BCUT2D eigenvalue weighted by Gasteiger charge is -2.42. The highest BCUT2D eigenvalue weighted by Crippen LogP contribution is 2.48. The van der Waals surface area contributed by atoms with Crippen LogP contribution in [0, 0.1) is 0 Å². The van der Waals surface area contributed by atoms with Crippen LogP contribution in [-0.2, 0) is 9.59 Å². The molecule has 0 aliphatic carbocycles. The van der Waals surface area contributed by atoms with E-state index in [4.69, 9.17) is 23.7 Å². The Morgan fingerprint density at radius 3 is 2.00 bits per heavy atom. The van der Waals surface area contributed by atoms with Gasteiger partial charge in [0.25, 0.3) is 5.91 Å². The van der Waals surface area contributed by atoms with Gasteiger partial charge in [0.15, 0.2) is 23.0 Å². The molecule has 1 aliphatic rings. The van der Waals surface area contributed by atoms with Crippen molar-refractivity contribution in [3.05, 3.63) is 48.0 Å². The number of benzene rings is 2. The van der Waals surface area contributed by atoms with E-state index in [1.54, 1.807) is 35.2 Å². The van der Waals surface area contributed by atoms with E-state index in [0.717, 1.165) is 0 Å². The van der Waals surface area contributed by atoms with Crippen LogP contribution in [0.25, 0.3) is 0 Å². The number of amides is 1. The smallest absolute Gasteiger partial charge is 0.308 e. The molecule has 1 atom stereocenters. The van der Waals surface area contributed by atoms with Crippen molar-refractivity contribution in [3.8, 4) is 28.7 Å². The Balaban J connectivity index is 2.07. The molecule has 2 aromatic rings. The Labute approximate surface area is 174 Å². The van der Waals surface area contributed by atoms with E-state index in [0.29, 0.717) is 39.8 Å². The molecule has 8 nitrogen and oxygen atoms in total. The monoisotopic (exact) mass is 413 g/mol. The van der Waals surface area contributed by atoms with Crippen LogP contribution < -0.4 is 28.6 Å². The van der Waals surface area contributed by atoms with Crippen LogP contribution in [0.15, 0.2) is 42.5 Å². The standard InChI is InChI=1S/C22H23NO7/c1-12-20(14-7-8-16(26-3)17(9-14)30-13(2)24)23(22(12)25)15-10-18(27-4)21(29-6)19(11-15)28-5/h7-11,20H,1H2,2-6H3/t20-/m1/s1. The number of rotatable bonds is 7. The molecule has 0 radical (unpaired) electrons. The Morgan fingerprint density at radius 1 is 0.900 bits per heavy atom. The molecule has 3 rings (SSSR count). The minimum atomic E-state index is -0.476. The molecule has 2 aromatic carbocycles. The second-order valence-corrected chi connectivity index (χ2v) is 6.49. The van der Waals surface area contributed by atoms with E-state index in [1.807, 2.05) is 0 Å². The highest BCUT2D eigenvalue weighted by Gasteiger charge is 2.43. The molecule has 158 valence electrons. The number of esters is 1. The summed E-state index contributed by atoms with van der Waals surface area (Å²) in [5, 5.41) is 0. The van der Waals surface area contributed by atoms with Gasteiger partial charge in [0, 0.05) is 24.6 Å². The molecule has 8 heteroatoms. The number of carbonyl (C=O) groups excluding carboxylic acids is 2. The van der Waals surface area contributed by atoms with Gasteiger partial charge in [-0.25, -0.2) is 0 Å². The summed E-state index contributed by atoms with van der Waals surface area (Å²) in [6.45, 7) is 5.22. The lowest BCUT2D eigenvalue weighted by atomic mass is 9.88. The van der Waals surface area contributed by atoms with E-state index in [2.05, 4.69) is 6.58 Å². The minimum absolute atomic E-state index is 0.237. The molecule has 1 amide bonds. The number of β-lactam (4-membered cyclic amide) rings is 1. The van der Waals surface area contributed by atoms with Crippen LogP contribution in [0.1, 0.15) is 18.5 Å². The first-order valence-electron chi connectivity index (χ1n) is 9.05. The fourth-order valence-corrected chi connectivity index (χ4v) is 3.40. The first-order valence-corrected chi connectivity index (χ1v) is 9.05. The van der Waals surface area contributed by atoms with E-state index in [9.17, 15) is 9.59 Å². The van der Waals surface area contributed by atoms with Gasteiger partial charge in [-0.3, -0.25) is 14.5 Å². The molecule has 1 heterocycles. The highest BCUT2D eigenvalue weighted by atomic mass is 16.6. The van der Waals surface area contributed by atoms with E-state index < -0.39 is 12.0 Å². The normalized spacial score (nSPS) is 15.4. The van der Waals surface area contributed by atoms with Crippen LogP contribution in [-0.4, -0.2) is 40.3 Å². The SMILES string of the molecule is C=C1C(=O)N(c2cc(OC)c(OC)c(OC)c2)[C@H]1c1ccc(OC)c(OC(C)=O)c1. The molecule has 1 aliphatic heterocycles. The van der Waals surface area contributed by atoms with E-state index >= 15 is 0 Å². The zero-order valence-corrected chi connectivity index (χ0v) is 17.5.